The summed E-state index contributed by atoms with van der Waals surface area (Å²) in [5, 5.41) is 5.68. The average molecular weight is 238 g/mol. The Hall–Kier alpha value is -0.710. The lowest BCUT2D eigenvalue weighted by molar-refractivity contribution is 0.612. The van der Waals surface area contributed by atoms with Gasteiger partial charge in [-0.25, -0.2) is 0 Å². The van der Waals surface area contributed by atoms with Crippen LogP contribution in [0.4, 0.5) is 0 Å². The predicted octanol–water partition coefficient (Wildman–Crippen LogP) is 3.29. The first kappa shape index (κ1) is 10.8. The quantitative estimate of drug-likeness (QED) is 0.864. The van der Waals surface area contributed by atoms with Crippen molar-refractivity contribution in [3.63, 3.8) is 0 Å². The van der Waals surface area contributed by atoms with Crippen LogP contribution in [0.5, 0.6) is 0 Å². The molecule has 2 aromatic rings. The van der Waals surface area contributed by atoms with Crippen LogP contribution in [0.25, 0.3) is 0 Å². The van der Waals surface area contributed by atoms with E-state index in [0.29, 0.717) is 6.04 Å². The number of nitrogens with one attached hydrogen (secondary N) is 1. The number of rotatable bonds is 5. The molecule has 0 aliphatic heterocycles. The van der Waals surface area contributed by atoms with E-state index in [4.69, 9.17) is 0 Å². The molecular weight excluding hydrogens is 224 g/mol. The van der Waals surface area contributed by atoms with Crippen LogP contribution in [-0.2, 0) is 0 Å². The molecule has 15 heavy (non-hydrogen) atoms. The highest BCUT2D eigenvalue weighted by Gasteiger charge is 2.15. The Kier molecular flexibility index (Phi) is 3.88. The molecule has 2 nitrogen and oxygen atoms in total. The molecule has 1 unspecified atom stereocenters. The lowest BCUT2D eigenvalue weighted by Gasteiger charge is -2.14. The van der Waals surface area contributed by atoms with E-state index in [9.17, 15) is 0 Å². The third-order valence-corrected chi connectivity index (χ3v) is 3.94. The van der Waals surface area contributed by atoms with Crippen molar-refractivity contribution in [2.75, 3.05) is 6.54 Å². The van der Waals surface area contributed by atoms with Gasteiger partial charge in [0, 0.05) is 16.0 Å². The standard InChI is InChI=1S/C11H14N2S2/c1-2-5-13-11(9-4-3-6-14-9)10-7-12-8-15-10/h3-4,6-8,11,13H,2,5H2,1H3. The van der Waals surface area contributed by atoms with Crippen molar-refractivity contribution in [2.24, 2.45) is 0 Å². The molecular formula is C11H14N2S2. The summed E-state index contributed by atoms with van der Waals surface area (Å²) in [5.41, 5.74) is 1.89. The molecule has 1 atom stereocenters. The molecule has 0 saturated heterocycles. The van der Waals surface area contributed by atoms with Crippen LogP contribution in [0.15, 0.2) is 29.2 Å². The van der Waals surface area contributed by atoms with Gasteiger partial charge in [0.25, 0.3) is 0 Å². The van der Waals surface area contributed by atoms with Crippen LogP contribution in [0.1, 0.15) is 29.1 Å². The Morgan fingerprint density at radius 1 is 1.40 bits per heavy atom. The number of hydrogen-bond donors (Lipinski definition) is 1. The molecule has 0 radical (unpaired) electrons. The van der Waals surface area contributed by atoms with Crippen molar-refractivity contribution >= 4 is 22.7 Å². The molecule has 1 N–H and O–H groups in total. The fourth-order valence-electron chi connectivity index (χ4n) is 1.45. The number of nitrogens with zero attached hydrogens (tertiary/aromatic N) is 1. The summed E-state index contributed by atoms with van der Waals surface area (Å²) in [5.74, 6) is 0. The summed E-state index contributed by atoms with van der Waals surface area (Å²) in [6.45, 7) is 3.23. The van der Waals surface area contributed by atoms with Gasteiger partial charge in [0.15, 0.2) is 0 Å². The topological polar surface area (TPSA) is 24.9 Å². The summed E-state index contributed by atoms with van der Waals surface area (Å²) in [6.07, 6.45) is 3.11. The summed E-state index contributed by atoms with van der Waals surface area (Å²) >= 11 is 3.51. The Morgan fingerprint density at radius 3 is 2.93 bits per heavy atom. The highest BCUT2D eigenvalue weighted by atomic mass is 32.1. The number of aromatic nitrogens is 1. The second-order valence-electron chi connectivity index (χ2n) is 3.31. The smallest absolute Gasteiger partial charge is 0.0795 e. The first-order valence-corrected chi connectivity index (χ1v) is 6.83. The van der Waals surface area contributed by atoms with Gasteiger partial charge in [-0.2, -0.15) is 0 Å². The average Bonchev–Trinajstić information content (AvgIpc) is 2.90. The first-order chi connectivity index (χ1) is 7.42. The number of thiophene rings is 1. The Morgan fingerprint density at radius 2 is 2.33 bits per heavy atom. The molecule has 0 bridgehead atoms. The molecule has 0 fully saturated rings. The molecule has 2 heterocycles. The predicted molar refractivity (Wildman–Crippen MR) is 66.6 cm³/mol. The van der Waals surface area contributed by atoms with Gasteiger partial charge in [-0.1, -0.05) is 13.0 Å². The van der Waals surface area contributed by atoms with Crippen molar-refractivity contribution in [1.29, 1.82) is 0 Å². The van der Waals surface area contributed by atoms with Crippen molar-refractivity contribution in [1.82, 2.24) is 10.3 Å². The molecule has 2 rings (SSSR count). The fraction of sp³-hybridized carbons (Fsp3) is 0.364. The molecule has 2 aromatic heterocycles. The summed E-state index contributed by atoms with van der Waals surface area (Å²) < 4.78 is 0. The van der Waals surface area contributed by atoms with Crippen LogP contribution in [-0.4, -0.2) is 11.5 Å². The van der Waals surface area contributed by atoms with E-state index < -0.39 is 0 Å². The molecule has 0 aliphatic rings. The SMILES string of the molecule is CCCNC(c1cccs1)c1cncs1. The zero-order chi connectivity index (χ0) is 10.5. The van der Waals surface area contributed by atoms with E-state index in [0.717, 1.165) is 13.0 Å². The minimum atomic E-state index is 0.331. The first-order valence-electron chi connectivity index (χ1n) is 5.07. The van der Waals surface area contributed by atoms with Crippen LogP contribution < -0.4 is 5.32 Å². The second kappa shape index (κ2) is 5.39. The maximum absolute atomic E-state index is 4.14. The molecule has 0 aliphatic carbocycles. The third kappa shape index (κ3) is 2.65. The maximum Gasteiger partial charge on any atom is 0.0795 e. The molecule has 0 amide bonds. The lowest BCUT2D eigenvalue weighted by atomic mass is 10.2. The van der Waals surface area contributed by atoms with Crippen LogP contribution in [0.2, 0.25) is 0 Å². The fourth-order valence-corrected chi connectivity index (χ4v) is 3.06. The van der Waals surface area contributed by atoms with Gasteiger partial charge in [-0.05, 0) is 24.4 Å². The molecule has 80 valence electrons. The van der Waals surface area contributed by atoms with Crippen molar-refractivity contribution < 1.29 is 0 Å². The van der Waals surface area contributed by atoms with E-state index in [1.165, 1.54) is 9.75 Å². The zero-order valence-electron chi connectivity index (χ0n) is 8.64. The van der Waals surface area contributed by atoms with Gasteiger partial charge in [-0.3, -0.25) is 4.98 Å². The number of hydrogen-bond acceptors (Lipinski definition) is 4. The zero-order valence-corrected chi connectivity index (χ0v) is 10.3. The van der Waals surface area contributed by atoms with Crippen molar-refractivity contribution in [3.8, 4) is 0 Å². The Balaban J connectivity index is 2.17. The summed E-state index contributed by atoms with van der Waals surface area (Å²) in [4.78, 5) is 6.81. The monoisotopic (exact) mass is 238 g/mol. The Bertz CT molecular complexity index is 333. The van der Waals surface area contributed by atoms with Gasteiger partial charge in [0.1, 0.15) is 0 Å². The molecule has 0 aromatic carbocycles. The largest absolute Gasteiger partial charge is 0.305 e. The molecule has 0 spiro atoms. The van der Waals surface area contributed by atoms with Gasteiger partial charge >= 0.3 is 0 Å². The van der Waals surface area contributed by atoms with Crippen molar-refractivity contribution in [3.05, 3.63) is 39.0 Å². The van der Waals surface area contributed by atoms with E-state index in [-0.39, 0.29) is 0 Å². The van der Waals surface area contributed by atoms with Crippen molar-refractivity contribution in [2.45, 2.75) is 19.4 Å². The van der Waals surface area contributed by atoms with Gasteiger partial charge < -0.3 is 5.32 Å². The maximum atomic E-state index is 4.14. The second-order valence-corrected chi connectivity index (χ2v) is 5.20. The van der Waals surface area contributed by atoms with Gasteiger partial charge in [-0.15, -0.1) is 22.7 Å². The van der Waals surface area contributed by atoms with E-state index in [1.54, 1.807) is 22.7 Å². The molecule has 0 saturated carbocycles. The van der Waals surface area contributed by atoms with E-state index in [2.05, 4.69) is 34.7 Å². The summed E-state index contributed by atoms with van der Waals surface area (Å²) in [6, 6.07) is 4.61. The lowest BCUT2D eigenvalue weighted by Crippen LogP contribution is -2.21. The number of thiazole rings is 1. The van der Waals surface area contributed by atoms with Crippen LogP contribution in [0, 0.1) is 0 Å². The highest BCUT2D eigenvalue weighted by molar-refractivity contribution is 7.11. The Labute approximate surface area is 98.0 Å². The highest BCUT2D eigenvalue weighted by Crippen LogP contribution is 2.28. The minimum Gasteiger partial charge on any atom is -0.305 e. The molecule has 4 heteroatoms. The van der Waals surface area contributed by atoms with Crippen LogP contribution >= 0.6 is 22.7 Å². The minimum absolute atomic E-state index is 0.331. The normalized spacial score (nSPS) is 12.9. The van der Waals surface area contributed by atoms with Crippen LogP contribution in [0.3, 0.4) is 0 Å². The third-order valence-electron chi connectivity index (χ3n) is 2.16. The van der Waals surface area contributed by atoms with Gasteiger partial charge in [0.2, 0.25) is 0 Å². The van der Waals surface area contributed by atoms with Gasteiger partial charge in [0.05, 0.1) is 11.6 Å². The summed E-state index contributed by atoms with van der Waals surface area (Å²) in [7, 11) is 0. The van der Waals surface area contributed by atoms with E-state index >= 15 is 0 Å². The van der Waals surface area contributed by atoms with E-state index in [1.807, 2.05) is 11.7 Å².